The molecule has 2 N–H and O–H groups in total. The Labute approximate surface area is 117 Å². The van der Waals surface area contributed by atoms with E-state index in [0.29, 0.717) is 0 Å². The maximum Gasteiger partial charge on any atom is 0.264 e. The molecule has 0 atom stereocenters. The van der Waals surface area contributed by atoms with Gasteiger partial charge in [0.15, 0.2) is 0 Å². The largest absolute Gasteiger partial charge is 0.398 e. The molecule has 0 aromatic heterocycles. The molecule has 0 saturated heterocycles. The Kier molecular flexibility index (Phi) is 3.48. The number of hydrogen-bond acceptors (Lipinski definition) is 4. The van der Waals surface area contributed by atoms with E-state index in [0.717, 1.165) is 4.90 Å². The van der Waals surface area contributed by atoms with Crippen molar-refractivity contribution in [3.63, 3.8) is 0 Å². The summed E-state index contributed by atoms with van der Waals surface area (Å²) >= 11 is 0. The molecular weight excluding hydrogens is 258 g/mol. The number of nitrogen functional groups attached to an aromatic ring is 1. The smallest absolute Gasteiger partial charge is 0.264 e. The topological polar surface area (TPSA) is 83.7 Å². The van der Waals surface area contributed by atoms with Crippen LogP contribution in [0.3, 0.4) is 0 Å². The van der Waals surface area contributed by atoms with E-state index in [4.69, 9.17) is 5.73 Å². The van der Waals surface area contributed by atoms with Crippen LogP contribution in [-0.2, 0) is 4.79 Å². The number of amides is 3. The van der Waals surface area contributed by atoms with E-state index >= 15 is 0 Å². The summed E-state index contributed by atoms with van der Waals surface area (Å²) in [5, 5.41) is 0. The van der Waals surface area contributed by atoms with Crippen LogP contribution in [0.4, 0.5) is 5.69 Å². The minimum absolute atomic E-state index is 0.00255. The summed E-state index contributed by atoms with van der Waals surface area (Å²) in [4.78, 5) is 38.8. The van der Waals surface area contributed by atoms with Crippen molar-refractivity contribution < 1.29 is 14.4 Å². The molecule has 0 aliphatic carbocycles. The van der Waals surface area contributed by atoms with Crippen LogP contribution in [0.2, 0.25) is 0 Å². The summed E-state index contributed by atoms with van der Waals surface area (Å²) in [7, 11) is 1.64. The highest BCUT2D eigenvalue weighted by atomic mass is 16.2. The maximum atomic E-state index is 12.2. The lowest BCUT2D eigenvalue weighted by Gasteiger charge is -2.23. The van der Waals surface area contributed by atoms with Gasteiger partial charge in [-0.2, -0.15) is 0 Å². The van der Waals surface area contributed by atoms with E-state index in [1.54, 1.807) is 25.2 Å². The van der Waals surface area contributed by atoms with Crippen LogP contribution in [0.15, 0.2) is 18.2 Å². The molecular formula is C14H17N3O3. The van der Waals surface area contributed by atoms with Gasteiger partial charge in [0.25, 0.3) is 11.8 Å². The van der Waals surface area contributed by atoms with E-state index in [-0.39, 0.29) is 35.3 Å². The van der Waals surface area contributed by atoms with Crippen molar-refractivity contribution in [2.24, 2.45) is 0 Å². The van der Waals surface area contributed by atoms with E-state index in [2.05, 4.69) is 0 Å². The molecule has 0 radical (unpaired) electrons. The molecule has 0 fully saturated rings. The number of imide groups is 1. The van der Waals surface area contributed by atoms with Gasteiger partial charge in [-0.3, -0.25) is 19.3 Å². The number of nitrogens with zero attached hydrogens (tertiary/aromatic N) is 2. The quantitative estimate of drug-likeness (QED) is 0.651. The second-order valence-electron chi connectivity index (χ2n) is 5.06. The third-order valence-electron chi connectivity index (χ3n) is 3.49. The van der Waals surface area contributed by atoms with Gasteiger partial charge in [0.05, 0.1) is 11.1 Å². The van der Waals surface area contributed by atoms with E-state index in [1.165, 1.54) is 4.90 Å². The second-order valence-corrected chi connectivity index (χ2v) is 5.06. The zero-order valence-corrected chi connectivity index (χ0v) is 11.7. The minimum atomic E-state index is -0.506. The van der Waals surface area contributed by atoms with Crippen LogP contribution in [-0.4, -0.2) is 47.2 Å². The average Bonchev–Trinajstić information content (AvgIpc) is 2.64. The average molecular weight is 275 g/mol. The zero-order chi connectivity index (χ0) is 15.0. The van der Waals surface area contributed by atoms with E-state index in [1.807, 2.05) is 13.8 Å². The Morgan fingerprint density at radius 2 is 1.95 bits per heavy atom. The fourth-order valence-corrected chi connectivity index (χ4v) is 2.04. The molecule has 1 heterocycles. The number of carbonyl (C=O) groups excluding carboxylic acids is 3. The highest BCUT2D eigenvalue weighted by Crippen LogP contribution is 2.27. The highest BCUT2D eigenvalue weighted by Gasteiger charge is 2.38. The predicted molar refractivity (Wildman–Crippen MR) is 74.1 cm³/mol. The number of hydrogen-bond donors (Lipinski definition) is 1. The molecule has 106 valence electrons. The molecule has 0 spiro atoms. The Balaban J connectivity index is 2.26. The highest BCUT2D eigenvalue weighted by molar-refractivity contribution is 6.24. The third-order valence-corrected chi connectivity index (χ3v) is 3.49. The number of nitrogens with two attached hydrogens (primary N) is 1. The van der Waals surface area contributed by atoms with Gasteiger partial charge in [0.1, 0.15) is 6.54 Å². The maximum absolute atomic E-state index is 12.2. The van der Waals surface area contributed by atoms with Gasteiger partial charge in [-0.25, -0.2) is 0 Å². The molecule has 1 aromatic carbocycles. The molecule has 2 rings (SSSR count). The number of rotatable bonds is 3. The first-order chi connectivity index (χ1) is 9.34. The summed E-state index contributed by atoms with van der Waals surface area (Å²) < 4.78 is 0. The third kappa shape index (κ3) is 2.13. The number of fused-ring (bicyclic) bond motifs is 1. The van der Waals surface area contributed by atoms with Crippen molar-refractivity contribution in [3.05, 3.63) is 29.3 Å². The fraction of sp³-hybridized carbons (Fsp3) is 0.357. The van der Waals surface area contributed by atoms with Gasteiger partial charge < -0.3 is 10.6 Å². The van der Waals surface area contributed by atoms with Crippen molar-refractivity contribution >= 4 is 23.4 Å². The van der Waals surface area contributed by atoms with Gasteiger partial charge in [0.2, 0.25) is 5.91 Å². The Hall–Kier alpha value is -2.37. The van der Waals surface area contributed by atoms with Crippen LogP contribution in [0, 0.1) is 0 Å². The SMILES string of the molecule is CC(C)N(C)C(=O)CN1C(=O)c2cccc(N)c2C1=O. The number of carbonyl (C=O) groups is 3. The number of anilines is 1. The van der Waals surface area contributed by atoms with Gasteiger partial charge in [-0.15, -0.1) is 0 Å². The van der Waals surface area contributed by atoms with Crippen LogP contribution in [0.5, 0.6) is 0 Å². The van der Waals surface area contributed by atoms with Gasteiger partial charge in [-0.1, -0.05) is 6.07 Å². The van der Waals surface area contributed by atoms with Gasteiger partial charge in [-0.05, 0) is 26.0 Å². The monoisotopic (exact) mass is 275 g/mol. The van der Waals surface area contributed by atoms with Crippen LogP contribution in [0.1, 0.15) is 34.6 Å². The molecule has 0 unspecified atom stereocenters. The second kappa shape index (κ2) is 4.96. The summed E-state index contributed by atoms with van der Waals surface area (Å²) in [5.74, 6) is -1.26. The molecule has 0 bridgehead atoms. The van der Waals surface area contributed by atoms with Gasteiger partial charge in [0, 0.05) is 18.8 Å². The first-order valence-electron chi connectivity index (χ1n) is 6.35. The van der Waals surface area contributed by atoms with Gasteiger partial charge >= 0.3 is 0 Å². The van der Waals surface area contributed by atoms with Crippen molar-refractivity contribution in [2.45, 2.75) is 19.9 Å². The normalized spacial score (nSPS) is 13.9. The molecule has 6 nitrogen and oxygen atoms in total. The lowest BCUT2D eigenvalue weighted by Crippen LogP contribution is -2.43. The van der Waals surface area contributed by atoms with E-state index < -0.39 is 11.8 Å². The summed E-state index contributed by atoms with van der Waals surface area (Å²) in [6.07, 6.45) is 0. The molecule has 0 saturated carbocycles. The summed E-state index contributed by atoms with van der Waals surface area (Å²) in [5.41, 5.74) is 6.44. The summed E-state index contributed by atoms with van der Waals surface area (Å²) in [6, 6.07) is 4.73. The number of benzene rings is 1. The first kappa shape index (κ1) is 14.0. The van der Waals surface area contributed by atoms with Crippen molar-refractivity contribution in [3.8, 4) is 0 Å². The van der Waals surface area contributed by atoms with E-state index in [9.17, 15) is 14.4 Å². The van der Waals surface area contributed by atoms with Crippen molar-refractivity contribution in [2.75, 3.05) is 19.3 Å². The molecule has 6 heteroatoms. The Morgan fingerprint density at radius 1 is 1.30 bits per heavy atom. The molecule has 3 amide bonds. The Morgan fingerprint density at radius 3 is 2.50 bits per heavy atom. The van der Waals surface area contributed by atoms with Crippen LogP contribution in [0.25, 0.3) is 0 Å². The lowest BCUT2D eigenvalue weighted by atomic mass is 10.1. The van der Waals surface area contributed by atoms with Crippen molar-refractivity contribution in [1.82, 2.24) is 9.80 Å². The minimum Gasteiger partial charge on any atom is -0.398 e. The molecule has 20 heavy (non-hydrogen) atoms. The number of likely N-dealkylation sites (N-methyl/N-ethyl adjacent to an activating group) is 1. The zero-order valence-electron chi connectivity index (χ0n) is 11.7. The first-order valence-corrected chi connectivity index (χ1v) is 6.35. The standard InChI is InChI=1S/C14H17N3O3/c1-8(2)16(3)11(18)7-17-13(19)9-5-4-6-10(15)12(9)14(17)20/h4-6,8H,7,15H2,1-3H3. The van der Waals surface area contributed by atoms with Crippen molar-refractivity contribution in [1.29, 1.82) is 0 Å². The molecule has 1 aliphatic heterocycles. The summed E-state index contributed by atoms with van der Waals surface area (Å²) in [6.45, 7) is 3.46. The Bertz CT molecular complexity index is 595. The molecule has 1 aliphatic rings. The molecule has 1 aromatic rings. The fourth-order valence-electron chi connectivity index (χ4n) is 2.04. The lowest BCUT2D eigenvalue weighted by molar-refractivity contribution is -0.131. The van der Waals surface area contributed by atoms with Crippen LogP contribution >= 0.6 is 0 Å². The predicted octanol–water partition coefficient (Wildman–Crippen LogP) is 0.732. The van der Waals surface area contributed by atoms with Crippen LogP contribution < -0.4 is 5.73 Å².